The number of methoxy groups -OCH3 is 2. The Bertz CT molecular complexity index is 647. The molecule has 2 atom stereocenters. The largest absolute Gasteiger partial charge is 0.493 e. The van der Waals surface area contributed by atoms with Gasteiger partial charge in [-0.3, -0.25) is 0 Å². The summed E-state index contributed by atoms with van der Waals surface area (Å²) >= 11 is 0. The summed E-state index contributed by atoms with van der Waals surface area (Å²) in [6.45, 7) is 0. The lowest BCUT2D eigenvalue weighted by Gasteiger charge is -2.08. The maximum Gasteiger partial charge on any atom is 0.229 e. The molecule has 3 rings (SSSR count). The highest BCUT2D eigenvalue weighted by Gasteiger charge is 2.27. The summed E-state index contributed by atoms with van der Waals surface area (Å²) in [7, 11) is 3.24. The number of nitrogens with two attached hydrogens (primary N) is 1. The van der Waals surface area contributed by atoms with Crippen LogP contribution in [0.2, 0.25) is 0 Å². The minimum atomic E-state index is 0. The summed E-state index contributed by atoms with van der Waals surface area (Å²) in [5.74, 6) is 3.11. The second-order valence-corrected chi connectivity index (χ2v) is 5.69. The zero-order valence-electron chi connectivity index (χ0n) is 13.3. The Labute approximate surface area is 141 Å². The summed E-state index contributed by atoms with van der Waals surface area (Å²) in [6, 6.07) is 6.04. The van der Waals surface area contributed by atoms with Crippen LogP contribution >= 0.6 is 12.4 Å². The van der Waals surface area contributed by atoms with Gasteiger partial charge < -0.3 is 19.7 Å². The minimum absolute atomic E-state index is 0. The lowest BCUT2D eigenvalue weighted by Crippen LogP contribution is -2.14. The van der Waals surface area contributed by atoms with E-state index in [1.165, 1.54) is 0 Å². The Balaban J connectivity index is 0.00000192. The number of hydrogen-bond acceptors (Lipinski definition) is 6. The number of aromatic nitrogens is 2. The molecule has 1 heterocycles. The first-order valence-corrected chi connectivity index (χ1v) is 7.48. The summed E-state index contributed by atoms with van der Waals surface area (Å²) in [5.41, 5.74) is 6.99. The molecule has 1 aromatic carbocycles. The van der Waals surface area contributed by atoms with Crippen LogP contribution in [0.15, 0.2) is 22.7 Å². The highest BCUT2D eigenvalue weighted by Crippen LogP contribution is 2.33. The second-order valence-electron chi connectivity index (χ2n) is 5.69. The number of rotatable bonds is 5. The molecule has 1 aromatic heterocycles. The maximum absolute atomic E-state index is 5.94. The first kappa shape index (κ1) is 17.6. The van der Waals surface area contributed by atoms with E-state index in [1.54, 1.807) is 14.2 Å². The van der Waals surface area contributed by atoms with Crippen LogP contribution in [0.5, 0.6) is 11.5 Å². The number of benzene rings is 1. The van der Waals surface area contributed by atoms with Crippen LogP contribution in [0.4, 0.5) is 0 Å². The fraction of sp³-hybridized carbons (Fsp3) is 0.500. The number of nitrogens with zero attached hydrogens (tertiary/aromatic N) is 2. The molecule has 23 heavy (non-hydrogen) atoms. The molecule has 126 valence electrons. The number of ether oxygens (including phenoxy) is 2. The van der Waals surface area contributed by atoms with E-state index in [2.05, 4.69) is 10.1 Å². The fourth-order valence-electron chi connectivity index (χ4n) is 2.92. The van der Waals surface area contributed by atoms with Crippen LogP contribution in [-0.2, 0) is 6.42 Å². The highest BCUT2D eigenvalue weighted by molar-refractivity contribution is 5.85. The van der Waals surface area contributed by atoms with E-state index in [0.29, 0.717) is 35.6 Å². The van der Waals surface area contributed by atoms with Crippen LogP contribution in [0.3, 0.4) is 0 Å². The highest BCUT2D eigenvalue weighted by atomic mass is 35.5. The molecule has 0 aliphatic heterocycles. The SMILES string of the molecule is COc1ccc(Cc2noc(C3CCC(N)C3)n2)cc1OC.Cl. The third kappa shape index (κ3) is 3.95. The van der Waals surface area contributed by atoms with Gasteiger partial charge in [0.1, 0.15) is 0 Å². The van der Waals surface area contributed by atoms with Crippen LogP contribution in [-0.4, -0.2) is 30.4 Å². The van der Waals surface area contributed by atoms with Crippen LogP contribution in [0, 0.1) is 0 Å². The van der Waals surface area contributed by atoms with Gasteiger partial charge in [0.25, 0.3) is 0 Å². The molecule has 1 saturated carbocycles. The van der Waals surface area contributed by atoms with Gasteiger partial charge in [-0.15, -0.1) is 12.4 Å². The summed E-state index contributed by atoms with van der Waals surface area (Å²) in [5, 5.41) is 4.08. The number of hydrogen-bond donors (Lipinski definition) is 1. The van der Waals surface area contributed by atoms with Crippen molar-refractivity contribution in [1.82, 2.24) is 10.1 Å². The van der Waals surface area contributed by atoms with E-state index >= 15 is 0 Å². The Morgan fingerprint density at radius 3 is 2.65 bits per heavy atom. The summed E-state index contributed by atoms with van der Waals surface area (Å²) in [4.78, 5) is 4.51. The molecule has 0 radical (unpaired) electrons. The van der Waals surface area contributed by atoms with Crippen LogP contribution in [0.25, 0.3) is 0 Å². The lowest BCUT2D eigenvalue weighted by atomic mass is 10.1. The van der Waals surface area contributed by atoms with Gasteiger partial charge in [-0.25, -0.2) is 0 Å². The van der Waals surface area contributed by atoms with Crippen molar-refractivity contribution >= 4 is 12.4 Å². The quantitative estimate of drug-likeness (QED) is 0.901. The molecule has 6 nitrogen and oxygen atoms in total. The van der Waals surface area contributed by atoms with Crippen LogP contribution in [0.1, 0.15) is 42.5 Å². The minimum Gasteiger partial charge on any atom is -0.493 e. The molecule has 7 heteroatoms. The van der Waals surface area contributed by atoms with Crippen LogP contribution < -0.4 is 15.2 Å². The Hall–Kier alpha value is -1.79. The van der Waals surface area contributed by atoms with Gasteiger partial charge in [0.05, 0.1) is 14.2 Å². The maximum atomic E-state index is 5.94. The topological polar surface area (TPSA) is 83.4 Å². The van der Waals surface area contributed by atoms with Gasteiger partial charge in [-0.2, -0.15) is 4.98 Å². The molecule has 0 amide bonds. The zero-order valence-corrected chi connectivity index (χ0v) is 14.1. The number of halogens is 1. The predicted molar refractivity (Wildman–Crippen MR) is 88.5 cm³/mol. The molecule has 1 aliphatic rings. The van der Waals surface area contributed by atoms with E-state index in [-0.39, 0.29) is 18.4 Å². The van der Waals surface area contributed by atoms with Crippen molar-refractivity contribution in [2.24, 2.45) is 5.73 Å². The molecule has 2 aromatic rings. The normalized spacial score (nSPS) is 20.1. The van der Waals surface area contributed by atoms with Gasteiger partial charge in [0.2, 0.25) is 5.89 Å². The van der Waals surface area contributed by atoms with Crippen molar-refractivity contribution in [3.63, 3.8) is 0 Å². The molecular weight excluding hydrogens is 318 g/mol. The first-order valence-electron chi connectivity index (χ1n) is 7.48. The van der Waals surface area contributed by atoms with Crippen molar-refractivity contribution in [1.29, 1.82) is 0 Å². The summed E-state index contributed by atoms with van der Waals surface area (Å²) < 4.78 is 15.9. The monoisotopic (exact) mass is 339 g/mol. The first-order chi connectivity index (χ1) is 10.7. The fourth-order valence-corrected chi connectivity index (χ4v) is 2.92. The Morgan fingerprint density at radius 1 is 1.22 bits per heavy atom. The van der Waals surface area contributed by atoms with Gasteiger partial charge in [-0.1, -0.05) is 11.2 Å². The van der Waals surface area contributed by atoms with Crippen molar-refractivity contribution in [2.75, 3.05) is 14.2 Å². The summed E-state index contributed by atoms with van der Waals surface area (Å²) in [6.07, 6.45) is 3.58. The van der Waals surface area contributed by atoms with Crippen molar-refractivity contribution in [2.45, 2.75) is 37.6 Å². The van der Waals surface area contributed by atoms with Gasteiger partial charge >= 0.3 is 0 Å². The van der Waals surface area contributed by atoms with E-state index in [1.807, 2.05) is 18.2 Å². The molecule has 0 bridgehead atoms. The molecule has 0 spiro atoms. The Morgan fingerprint density at radius 2 is 2.00 bits per heavy atom. The third-order valence-electron chi connectivity index (χ3n) is 4.12. The van der Waals surface area contributed by atoms with Gasteiger partial charge in [-0.05, 0) is 37.0 Å². The standard InChI is InChI=1S/C16H21N3O3.ClH/c1-20-13-6-3-10(7-14(13)21-2)8-15-18-16(22-19-15)11-4-5-12(17)9-11;/h3,6-7,11-12H,4-5,8-9,17H2,1-2H3;1H. The Kier molecular flexibility index (Phi) is 5.85. The third-order valence-corrected chi connectivity index (χ3v) is 4.12. The van der Waals surface area contributed by atoms with Crippen molar-refractivity contribution < 1.29 is 14.0 Å². The molecule has 2 N–H and O–H groups in total. The molecular formula is C16H22ClN3O3. The molecule has 1 fully saturated rings. The van der Waals surface area contributed by atoms with E-state index < -0.39 is 0 Å². The average Bonchev–Trinajstić information content (AvgIpc) is 3.16. The van der Waals surface area contributed by atoms with Gasteiger partial charge in [0, 0.05) is 18.4 Å². The van der Waals surface area contributed by atoms with E-state index in [0.717, 1.165) is 24.8 Å². The molecule has 0 saturated heterocycles. The van der Waals surface area contributed by atoms with Crippen molar-refractivity contribution in [3.05, 3.63) is 35.5 Å². The average molecular weight is 340 g/mol. The smallest absolute Gasteiger partial charge is 0.229 e. The zero-order chi connectivity index (χ0) is 15.5. The van der Waals surface area contributed by atoms with Gasteiger partial charge in [0.15, 0.2) is 17.3 Å². The van der Waals surface area contributed by atoms with E-state index in [9.17, 15) is 0 Å². The lowest BCUT2D eigenvalue weighted by molar-refractivity contribution is 0.349. The van der Waals surface area contributed by atoms with Crippen molar-refractivity contribution in [3.8, 4) is 11.5 Å². The molecule has 2 unspecified atom stereocenters. The second kappa shape index (κ2) is 7.66. The molecule has 1 aliphatic carbocycles. The van der Waals surface area contributed by atoms with E-state index in [4.69, 9.17) is 19.7 Å². The predicted octanol–water partition coefficient (Wildman–Crippen LogP) is 2.69.